The molecule has 2 aromatic rings. The highest BCUT2D eigenvalue weighted by molar-refractivity contribution is 5.93. The zero-order valence-corrected chi connectivity index (χ0v) is 16.3. The zero-order chi connectivity index (χ0) is 18.6. The summed E-state index contributed by atoms with van der Waals surface area (Å²) in [5.74, 6) is 0.132. The van der Waals surface area contributed by atoms with Crippen molar-refractivity contribution in [2.45, 2.75) is 46.1 Å². The monoisotopic (exact) mass is 351 g/mol. The average Bonchev–Trinajstić information content (AvgIpc) is 2.66. The number of nitrogens with one attached hydrogen (secondary N) is 1. The fraction of sp³-hybridized carbons (Fsp3) is 0.435. The van der Waals surface area contributed by atoms with Crippen molar-refractivity contribution in [3.8, 4) is 0 Å². The van der Waals surface area contributed by atoms with E-state index in [-0.39, 0.29) is 5.91 Å². The van der Waals surface area contributed by atoms with E-state index in [1.165, 1.54) is 18.4 Å². The van der Waals surface area contributed by atoms with Crippen LogP contribution in [0.25, 0.3) is 0 Å². The molecule has 1 fully saturated rings. The number of benzene rings is 2. The summed E-state index contributed by atoms with van der Waals surface area (Å²) < 4.78 is 0.862. The number of hydrogen-bond donors (Lipinski definition) is 1. The van der Waals surface area contributed by atoms with Gasteiger partial charge in [-0.3, -0.25) is 4.79 Å². The van der Waals surface area contributed by atoms with Crippen molar-refractivity contribution in [2.24, 2.45) is 0 Å². The molecular weight excluding hydrogens is 320 g/mol. The number of rotatable bonds is 5. The first kappa shape index (κ1) is 18.7. The third-order valence-corrected chi connectivity index (χ3v) is 6.01. The minimum absolute atomic E-state index is 0.132. The number of hydrogen-bond acceptors (Lipinski definition) is 1. The number of quaternary nitrogens is 1. The number of likely N-dealkylation sites (tertiary alicyclic amines) is 1. The van der Waals surface area contributed by atoms with Crippen molar-refractivity contribution >= 4 is 11.6 Å². The van der Waals surface area contributed by atoms with Crippen LogP contribution in [-0.2, 0) is 4.79 Å². The van der Waals surface area contributed by atoms with Crippen molar-refractivity contribution in [3.05, 3.63) is 65.2 Å². The van der Waals surface area contributed by atoms with Gasteiger partial charge in [0.25, 0.3) is 5.91 Å². The quantitative estimate of drug-likeness (QED) is 0.754. The molecule has 2 atom stereocenters. The van der Waals surface area contributed by atoms with Crippen LogP contribution in [0.3, 0.4) is 0 Å². The highest BCUT2D eigenvalue weighted by atomic mass is 16.2. The SMILES string of the molecule is CC[N+]1(CC(=O)Nc2c(C)cccc2C)CCCCC1c1ccccc1. The molecule has 2 aromatic carbocycles. The fourth-order valence-corrected chi connectivity index (χ4v) is 4.51. The first-order valence-electron chi connectivity index (χ1n) is 9.82. The van der Waals surface area contributed by atoms with E-state index in [1.54, 1.807) is 0 Å². The van der Waals surface area contributed by atoms with E-state index in [2.05, 4.69) is 68.6 Å². The number of nitrogens with zero attached hydrogens (tertiary/aromatic N) is 1. The van der Waals surface area contributed by atoms with E-state index in [9.17, 15) is 4.79 Å². The van der Waals surface area contributed by atoms with Gasteiger partial charge in [0.1, 0.15) is 6.04 Å². The number of anilines is 1. The van der Waals surface area contributed by atoms with E-state index < -0.39 is 0 Å². The smallest absolute Gasteiger partial charge is 0.279 e. The van der Waals surface area contributed by atoms with Gasteiger partial charge in [0, 0.05) is 17.7 Å². The Morgan fingerprint density at radius 1 is 1.04 bits per heavy atom. The standard InChI is InChI=1S/C23H30N2O/c1-4-25(16-9-8-15-21(25)20-13-6-5-7-14-20)17-22(26)24-23-18(2)11-10-12-19(23)3/h5-7,10-14,21H,4,8-9,15-17H2,1-3H3/p+1. The van der Waals surface area contributed by atoms with E-state index in [4.69, 9.17) is 0 Å². The van der Waals surface area contributed by atoms with Gasteiger partial charge in [0.05, 0.1) is 13.1 Å². The predicted molar refractivity (Wildman–Crippen MR) is 108 cm³/mol. The van der Waals surface area contributed by atoms with Gasteiger partial charge in [-0.15, -0.1) is 0 Å². The Morgan fingerprint density at radius 3 is 2.38 bits per heavy atom. The van der Waals surface area contributed by atoms with Gasteiger partial charge >= 0.3 is 0 Å². The topological polar surface area (TPSA) is 29.1 Å². The van der Waals surface area contributed by atoms with Crippen LogP contribution in [0, 0.1) is 13.8 Å². The number of likely N-dealkylation sites (N-methyl/N-ethyl adjacent to an activating group) is 1. The molecule has 0 aliphatic carbocycles. The molecule has 1 heterocycles. The van der Waals surface area contributed by atoms with Gasteiger partial charge in [-0.05, 0) is 44.7 Å². The summed E-state index contributed by atoms with van der Waals surface area (Å²) in [6, 6.07) is 17.3. The van der Waals surface area contributed by atoms with Crippen LogP contribution in [0.5, 0.6) is 0 Å². The van der Waals surface area contributed by atoms with Gasteiger partial charge in [-0.2, -0.15) is 0 Å². The highest BCUT2D eigenvalue weighted by Crippen LogP contribution is 2.37. The molecule has 0 bridgehead atoms. The van der Waals surface area contributed by atoms with Crippen molar-refractivity contribution < 1.29 is 9.28 Å². The summed E-state index contributed by atoms with van der Waals surface area (Å²) in [7, 11) is 0. The second-order valence-corrected chi connectivity index (χ2v) is 7.65. The van der Waals surface area contributed by atoms with Crippen molar-refractivity contribution in [3.63, 3.8) is 0 Å². The van der Waals surface area contributed by atoms with Crippen LogP contribution in [0.2, 0.25) is 0 Å². The van der Waals surface area contributed by atoms with Crippen LogP contribution in [-0.4, -0.2) is 30.0 Å². The minimum atomic E-state index is 0.132. The average molecular weight is 352 g/mol. The first-order chi connectivity index (χ1) is 12.6. The Hall–Kier alpha value is -2.13. The van der Waals surface area contributed by atoms with Gasteiger partial charge in [0.15, 0.2) is 6.54 Å². The second kappa shape index (κ2) is 8.05. The Balaban J connectivity index is 1.83. The molecule has 0 saturated carbocycles. The lowest BCUT2D eigenvalue weighted by molar-refractivity contribution is -0.953. The maximum absolute atomic E-state index is 13.0. The van der Waals surface area contributed by atoms with E-state index in [0.29, 0.717) is 12.6 Å². The molecule has 1 aliphatic rings. The lowest BCUT2D eigenvalue weighted by atomic mass is 9.91. The number of para-hydroxylation sites is 1. The molecule has 1 saturated heterocycles. The van der Waals surface area contributed by atoms with Crippen molar-refractivity contribution in [1.82, 2.24) is 0 Å². The van der Waals surface area contributed by atoms with E-state index in [1.807, 2.05) is 6.07 Å². The molecule has 0 aromatic heterocycles. The largest absolute Gasteiger partial charge is 0.321 e. The molecular formula is C23H31N2O+. The van der Waals surface area contributed by atoms with Crippen LogP contribution >= 0.6 is 0 Å². The Labute approximate surface area is 157 Å². The van der Waals surface area contributed by atoms with Crippen LogP contribution in [0.15, 0.2) is 48.5 Å². The lowest BCUT2D eigenvalue weighted by Crippen LogP contribution is -2.56. The Kier molecular flexibility index (Phi) is 5.77. The Bertz CT molecular complexity index is 736. The second-order valence-electron chi connectivity index (χ2n) is 7.65. The summed E-state index contributed by atoms with van der Waals surface area (Å²) in [5.41, 5.74) is 4.59. The molecule has 138 valence electrons. The molecule has 2 unspecified atom stereocenters. The number of carbonyl (C=O) groups is 1. The molecule has 3 nitrogen and oxygen atoms in total. The van der Waals surface area contributed by atoms with E-state index >= 15 is 0 Å². The summed E-state index contributed by atoms with van der Waals surface area (Å²) in [6.07, 6.45) is 3.61. The maximum atomic E-state index is 13.0. The summed E-state index contributed by atoms with van der Waals surface area (Å²) in [5, 5.41) is 3.20. The molecule has 3 heteroatoms. The summed E-state index contributed by atoms with van der Waals surface area (Å²) in [4.78, 5) is 13.0. The minimum Gasteiger partial charge on any atom is -0.321 e. The molecule has 0 radical (unpaired) electrons. The summed E-state index contributed by atoms with van der Waals surface area (Å²) >= 11 is 0. The van der Waals surface area contributed by atoms with Gasteiger partial charge < -0.3 is 9.80 Å². The predicted octanol–water partition coefficient (Wildman–Crippen LogP) is 5.00. The third kappa shape index (κ3) is 3.83. The maximum Gasteiger partial charge on any atom is 0.279 e. The molecule has 0 spiro atoms. The van der Waals surface area contributed by atoms with Gasteiger partial charge in [0.2, 0.25) is 0 Å². The molecule has 3 rings (SSSR count). The molecule has 1 amide bonds. The van der Waals surface area contributed by atoms with Crippen molar-refractivity contribution in [2.75, 3.05) is 25.0 Å². The number of carbonyl (C=O) groups excluding carboxylic acids is 1. The highest BCUT2D eigenvalue weighted by Gasteiger charge is 2.40. The number of amides is 1. The number of aryl methyl sites for hydroxylation is 2. The molecule has 1 aliphatic heterocycles. The van der Waals surface area contributed by atoms with Gasteiger partial charge in [-0.25, -0.2) is 0 Å². The Morgan fingerprint density at radius 2 is 1.73 bits per heavy atom. The summed E-state index contributed by atoms with van der Waals surface area (Å²) in [6.45, 7) is 8.95. The fourth-order valence-electron chi connectivity index (χ4n) is 4.51. The van der Waals surface area contributed by atoms with Gasteiger partial charge in [-0.1, -0.05) is 48.5 Å². The van der Waals surface area contributed by atoms with Crippen LogP contribution < -0.4 is 5.32 Å². The van der Waals surface area contributed by atoms with Crippen molar-refractivity contribution in [1.29, 1.82) is 0 Å². The van der Waals surface area contributed by atoms with Crippen LogP contribution in [0.1, 0.15) is 48.9 Å². The normalized spacial score (nSPS) is 22.8. The number of piperidine rings is 1. The third-order valence-electron chi connectivity index (χ3n) is 6.01. The molecule has 26 heavy (non-hydrogen) atoms. The van der Waals surface area contributed by atoms with Crippen LogP contribution in [0.4, 0.5) is 5.69 Å². The molecule has 1 N–H and O–H groups in total. The first-order valence-corrected chi connectivity index (χ1v) is 9.82. The lowest BCUT2D eigenvalue weighted by Gasteiger charge is -2.47. The zero-order valence-electron chi connectivity index (χ0n) is 16.3. The van der Waals surface area contributed by atoms with E-state index in [0.717, 1.165) is 40.8 Å².